The van der Waals surface area contributed by atoms with Crippen LogP contribution in [-0.2, 0) is 9.47 Å². The molecule has 0 unspecified atom stereocenters. The van der Waals surface area contributed by atoms with Crippen LogP contribution in [0.2, 0.25) is 0 Å². The van der Waals surface area contributed by atoms with Gasteiger partial charge in [-0.2, -0.15) is 0 Å². The second-order valence-electron chi connectivity index (χ2n) is 11.6. The molecular formula is C34H36N2O4. The molecule has 206 valence electrons. The summed E-state index contributed by atoms with van der Waals surface area (Å²) in [5.74, 6) is 0. The third-order valence-electron chi connectivity index (χ3n) is 5.83. The molecule has 0 aliphatic rings. The SMILES string of the molecule is CC(C)(C)OC(=O)Nc1ccc(-c2ccc(-c3ccc(-c4ccc(NC(=O)OC(C)(C)C)cc4)cc3)cc2)cc1. The molecule has 0 aliphatic carbocycles. The van der Waals surface area contributed by atoms with E-state index < -0.39 is 23.4 Å². The van der Waals surface area contributed by atoms with Crippen LogP contribution in [0, 0.1) is 0 Å². The first-order valence-corrected chi connectivity index (χ1v) is 13.3. The van der Waals surface area contributed by atoms with E-state index in [4.69, 9.17) is 9.47 Å². The van der Waals surface area contributed by atoms with Crippen molar-refractivity contribution in [1.29, 1.82) is 0 Å². The van der Waals surface area contributed by atoms with Crippen molar-refractivity contribution in [2.45, 2.75) is 52.7 Å². The highest BCUT2D eigenvalue weighted by Gasteiger charge is 2.17. The lowest BCUT2D eigenvalue weighted by Gasteiger charge is -2.19. The molecule has 0 radical (unpaired) electrons. The van der Waals surface area contributed by atoms with E-state index in [1.807, 2.05) is 90.1 Å². The van der Waals surface area contributed by atoms with E-state index in [1.54, 1.807) is 0 Å². The summed E-state index contributed by atoms with van der Waals surface area (Å²) in [4.78, 5) is 24.0. The number of ether oxygens (including phenoxy) is 2. The molecule has 0 saturated carbocycles. The van der Waals surface area contributed by atoms with Gasteiger partial charge in [0.15, 0.2) is 0 Å². The van der Waals surface area contributed by atoms with Gasteiger partial charge < -0.3 is 9.47 Å². The minimum atomic E-state index is -0.542. The average Bonchev–Trinajstić information content (AvgIpc) is 2.88. The monoisotopic (exact) mass is 536 g/mol. The smallest absolute Gasteiger partial charge is 0.412 e. The fourth-order valence-corrected chi connectivity index (χ4v) is 4.05. The lowest BCUT2D eigenvalue weighted by molar-refractivity contribution is 0.0624. The van der Waals surface area contributed by atoms with Gasteiger partial charge in [0.1, 0.15) is 11.2 Å². The third-order valence-corrected chi connectivity index (χ3v) is 5.83. The van der Waals surface area contributed by atoms with Crippen LogP contribution in [0.15, 0.2) is 97.1 Å². The standard InChI is InChI=1S/C34H36N2O4/c1-33(2,3)39-31(37)35-29-19-15-27(16-20-29)25-11-7-23(8-12-25)24-9-13-26(14-10-24)28-17-21-30(22-18-28)36-32(38)40-34(4,5)6/h7-22H,1-6H3,(H,35,37)(H,36,38). The highest BCUT2D eigenvalue weighted by atomic mass is 16.6. The molecule has 6 nitrogen and oxygen atoms in total. The maximum atomic E-state index is 12.0. The largest absolute Gasteiger partial charge is 0.444 e. The molecule has 4 aromatic carbocycles. The van der Waals surface area contributed by atoms with Crippen molar-refractivity contribution >= 4 is 23.6 Å². The molecule has 0 aromatic heterocycles. The van der Waals surface area contributed by atoms with Crippen LogP contribution in [0.3, 0.4) is 0 Å². The van der Waals surface area contributed by atoms with Crippen molar-refractivity contribution in [3.05, 3.63) is 97.1 Å². The Bertz CT molecular complexity index is 1330. The van der Waals surface area contributed by atoms with Crippen molar-refractivity contribution in [1.82, 2.24) is 0 Å². The van der Waals surface area contributed by atoms with Crippen LogP contribution in [0.4, 0.5) is 21.0 Å². The third kappa shape index (κ3) is 8.21. The van der Waals surface area contributed by atoms with Gasteiger partial charge in [0, 0.05) is 11.4 Å². The first kappa shape index (κ1) is 28.4. The summed E-state index contributed by atoms with van der Waals surface area (Å²) in [6, 6.07) is 32.2. The summed E-state index contributed by atoms with van der Waals surface area (Å²) in [7, 11) is 0. The molecule has 6 heteroatoms. The summed E-state index contributed by atoms with van der Waals surface area (Å²) >= 11 is 0. The highest BCUT2D eigenvalue weighted by molar-refractivity contribution is 5.86. The number of anilines is 2. The maximum Gasteiger partial charge on any atom is 0.412 e. The van der Waals surface area contributed by atoms with Gasteiger partial charge in [-0.25, -0.2) is 9.59 Å². The van der Waals surface area contributed by atoms with Crippen LogP contribution >= 0.6 is 0 Å². The minimum absolute atomic E-state index is 0.470. The van der Waals surface area contributed by atoms with Crippen LogP contribution in [0.1, 0.15) is 41.5 Å². The Labute approximate surface area is 236 Å². The average molecular weight is 537 g/mol. The summed E-state index contributed by atoms with van der Waals surface area (Å²) in [6.07, 6.45) is -0.939. The predicted molar refractivity (Wildman–Crippen MR) is 162 cm³/mol. The van der Waals surface area contributed by atoms with Crippen LogP contribution < -0.4 is 10.6 Å². The van der Waals surface area contributed by atoms with Gasteiger partial charge in [-0.3, -0.25) is 10.6 Å². The molecule has 0 aliphatic heterocycles. The number of nitrogens with one attached hydrogen (secondary N) is 2. The van der Waals surface area contributed by atoms with Gasteiger partial charge in [0.2, 0.25) is 0 Å². The Kier molecular flexibility index (Phi) is 8.29. The molecule has 0 spiro atoms. The Morgan fingerprint density at radius 1 is 0.425 bits per heavy atom. The lowest BCUT2D eigenvalue weighted by atomic mass is 9.98. The molecule has 2 amide bonds. The van der Waals surface area contributed by atoms with E-state index in [0.717, 1.165) is 33.4 Å². The predicted octanol–water partition coefficient (Wildman–Crippen LogP) is 9.38. The van der Waals surface area contributed by atoms with Gasteiger partial charge in [0.25, 0.3) is 0 Å². The topological polar surface area (TPSA) is 76.7 Å². The zero-order chi connectivity index (χ0) is 28.9. The van der Waals surface area contributed by atoms with Gasteiger partial charge in [-0.15, -0.1) is 0 Å². The van der Waals surface area contributed by atoms with Crippen molar-refractivity contribution < 1.29 is 19.1 Å². The fourth-order valence-electron chi connectivity index (χ4n) is 4.05. The first-order valence-electron chi connectivity index (χ1n) is 13.3. The minimum Gasteiger partial charge on any atom is -0.444 e. The van der Waals surface area contributed by atoms with Crippen molar-refractivity contribution in [2.24, 2.45) is 0 Å². The van der Waals surface area contributed by atoms with Crippen molar-refractivity contribution in [3.63, 3.8) is 0 Å². The number of hydrogen-bond acceptors (Lipinski definition) is 4. The molecule has 4 aromatic rings. The normalized spacial score (nSPS) is 11.4. The van der Waals surface area contributed by atoms with Crippen LogP contribution in [0.5, 0.6) is 0 Å². The van der Waals surface area contributed by atoms with Crippen molar-refractivity contribution in [2.75, 3.05) is 10.6 Å². The molecule has 0 atom stereocenters. The number of carbonyl (C=O) groups is 2. The number of amides is 2. The van der Waals surface area contributed by atoms with Crippen molar-refractivity contribution in [3.8, 4) is 33.4 Å². The quantitative estimate of drug-likeness (QED) is 0.266. The van der Waals surface area contributed by atoms with Crippen LogP contribution in [-0.4, -0.2) is 23.4 Å². The molecule has 2 N–H and O–H groups in total. The molecule has 0 fully saturated rings. The summed E-state index contributed by atoms with van der Waals surface area (Å²) in [6.45, 7) is 11.0. The molecular weight excluding hydrogens is 500 g/mol. The van der Waals surface area contributed by atoms with Gasteiger partial charge in [0.05, 0.1) is 0 Å². The molecule has 40 heavy (non-hydrogen) atoms. The molecule has 4 rings (SSSR count). The van der Waals surface area contributed by atoms with Gasteiger partial charge >= 0.3 is 12.2 Å². The van der Waals surface area contributed by atoms with E-state index in [0.29, 0.717) is 11.4 Å². The Morgan fingerprint density at radius 3 is 0.825 bits per heavy atom. The molecule has 0 bridgehead atoms. The molecule has 0 saturated heterocycles. The first-order chi connectivity index (χ1) is 18.8. The fraction of sp³-hybridized carbons (Fsp3) is 0.235. The number of benzene rings is 4. The Hall–Kier alpha value is -4.58. The Morgan fingerprint density at radius 2 is 0.625 bits per heavy atom. The van der Waals surface area contributed by atoms with E-state index in [2.05, 4.69) is 59.2 Å². The van der Waals surface area contributed by atoms with E-state index in [1.165, 1.54) is 0 Å². The second kappa shape index (κ2) is 11.7. The van der Waals surface area contributed by atoms with Crippen LogP contribution in [0.25, 0.3) is 33.4 Å². The van der Waals surface area contributed by atoms with Gasteiger partial charge in [-0.05, 0) is 99.2 Å². The van der Waals surface area contributed by atoms with E-state index >= 15 is 0 Å². The number of carbonyl (C=O) groups excluding carboxylic acids is 2. The Balaban J connectivity index is 1.37. The summed E-state index contributed by atoms with van der Waals surface area (Å²) < 4.78 is 10.6. The summed E-state index contributed by atoms with van der Waals surface area (Å²) in [5.41, 5.74) is 6.81. The number of hydrogen-bond donors (Lipinski definition) is 2. The zero-order valence-corrected chi connectivity index (χ0v) is 23.9. The number of rotatable bonds is 5. The van der Waals surface area contributed by atoms with E-state index in [9.17, 15) is 9.59 Å². The highest BCUT2D eigenvalue weighted by Crippen LogP contribution is 2.29. The second-order valence-corrected chi connectivity index (χ2v) is 11.6. The van der Waals surface area contributed by atoms with Gasteiger partial charge in [-0.1, -0.05) is 72.8 Å². The maximum absolute atomic E-state index is 12.0. The summed E-state index contributed by atoms with van der Waals surface area (Å²) in [5, 5.41) is 5.52. The van der Waals surface area contributed by atoms with E-state index in [-0.39, 0.29) is 0 Å². The zero-order valence-electron chi connectivity index (χ0n) is 23.9. The lowest BCUT2D eigenvalue weighted by Crippen LogP contribution is -2.27. The molecule has 0 heterocycles.